The molecule has 98 valence electrons. The molecule has 0 aliphatic carbocycles. The fourth-order valence-electron chi connectivity index (χ4n) is 1.65. The number of benzene rings is 1. The molecule has 0 atom stereocenters. The number of carbonyl (C=O) groups is 1. The van der Waals surface area contributed by atoms with Crippen LogP contribution in [0.3, 0.4) is 0 Å². The van der Waals surface area contributed by atoms with Crippen molar-refractivity contribution in [1.82, 2.24) is 4.98 Å². The van der Waals surface area contributed by atoms with E-state index in [0.717, 1.165) is 5.56 Å². The maximum Gasteiger partial charge on any atom is 0.341 e. The van der Waals surface area contributed by atoms with Crippen LogP contribution in [0.15, 0.2) is 36.5 Å². The molecule has 0 saturated carbocycles. The smallest absolute Gasteiger partial charge is 0.341 e. The molecule has 19 heavy (non-hydrogen) atoms. The minimum absolute atomic E-state index is 0.0498. The highest BCUT2D eigenvalue weighted by molar-refractivity contribution is 5.91. The molecule has 1 aromatic carbocycles. The molecular weight excluding hydrogens is 246 g/mol. The Balaban J connectivity index is 2.32. The molecular formula is C14H13NO4. The molecule has 0 amide bonds. The van der Waals surface area contributed by atoms with Crippen LogP contribution in [-0.2, 0) is 6.61 Å². The number of hydrogen-bond donors (Lipinski definition) is 2. The van der Waals surface area contributed by atoms with Gasteiger partial charge in [0.25, 0.3) is 0 Å². The number of carboxylic acids is 1. The molecule has 2 rings (SSSR count). The molecule has 1 heterocycles. The predicted molar refractivity (Wildman–Crippen MR) is 68.4 cm³/mol. The molecule has 5 heteroatoms. The van der Waals surface area contributed by atoms with Gasteiger partial charge in [0.15, 0.2) is 0 Å². The molecule has 0 aliphatic rings. The lowest BCUT2D eigenvalue weighted by atomic mass is 10.1. The first-order valence-corrected chi connectivity index (χ1v) is 5.68. The van der Waals surface area contributed by atoms with Crippen molar-refractivity contribution in [3.63, 3.8) is 0 Å². The van der Waals surface area contributed by atoms with E-state index in [0.29, 0.717) is 11.3 Å². The lowest BCUT2D eigenvalue weighted by Crippen LogP contribution is -2.04. The van der Waals surface area contributed by atoms with E-state index in [9.17, 15) is 4.79 Å². The highest BCUT2D eigenvalue weighted by Crippen LogP contribution is 2.25. The molecule has 0 bridgehead atoms. The summed E-state index contributed by atoms with van der Waals surface area (Å²) < 4.78 is 5.48. The Kier molecular flexibility index (Phi) is 3.77. The van der Waals surface area contributed by atoms with Gasteiger partial charge < -0.3 is 14.9 Å². The van der Waals surface area contributed by atoms with Gasteiger partial charge in [-0.2, -0.15) is 0 Å². The quantitative estimate of drug-likeness (QED) is 0.881. The van der Waals surface area contributed by atoms with Gasteiger partial charge in [0.05, 0.1) is 6.61 Å². The molecule has 0 radical (unpaired) electrons. The number of pyridine rings is 1. The summed E-state index contributed by atoms with van der Waals surface area (Å²) in [6.45, 7) is 1.64. The van der Waals surface area contributed by atoms with Crippen LogP contribution in [0.4, 0.5) is 0 Å². The summed E-state index contributed by atoms with van der Waals surface area (Å²) >= 11 is 0. The monoisotopic (exact) mass is 259 g/mol. The summed E-state index contributed by atoms with van der Waals surface area (Å²) in [6.07, 6.45) is 1.50. The van der Waals surface area contributed by atoms with Gasteiger partial charge in [-0.25, -0.2) is 9.78 Å². The third-order valence-electron chi connectivity index (χ3n) is 2.66. The number of ether oxygens (including phenoxy) is 1. The van der Waals surface area contributed by atoms with Crippen LogP contribution < -0.4 is 4.74 Å². The van der Waals surface area contributed by atoms with Gasteiger partial charge in [0.1, 0.15) is 11.3 Å². The average molecular weight is 259 g/mol. The number of aromatic nitrogens is 1. The maximum absolute atomic E-state index is 11.2. The van der Waals surface area contributed by atoms with Gasteiger partial charge in [-0.15, -0.1) is 0 Å². The largest absolute Gasteiger partial charge is 0.477 e. The molecule has 2 aromatic rings. The summed E-state index contributed by atoms with van der Waals surface area (Å²) in [4.78, 5) is 15.1. The van der Waals surface area contributed by atoms with Gasteiger partial charge in [-0.1, -0.05) is 12.1 Å². The molecule has 0 spiro atoms. The SMILES string of the molecule is Cc1ccnc(Oc2ccc(CO)cc2)c1C(=O)O. The second-order valence-corrected chi connectivity index (χ2v) is 4.02. The minimum atomic E-state index is -1.08. The molecule has 0 aliphatic heterocycles. The Morgan fingerprint density at radius 2 is 1.95 bits per heavy atom. The average Bonchev–Trinajstić information content (AvgIpc) is 2.39. The van der Waals surface area contributed by atoms with Crippen LogP contribution in [0.2, 0.25) is 0 Å². The summed E-state index contributed by atoms with van der Waals surface area (Å²) in [6, 6.07) is 8.32. The van der Waals surface area contributed by atoms with E-state index in [4.69, 9.17) is 14.9 Å². The minimum Gasteiger partial charge on any atom is -0.477 e. The van der Waals surface area contributed by atoms with Crippen molar-refractivity contribution in [3.05, 3.63) is 53.2 Å². The van der Waals surface area contributed by atoms with Gasteiger partial charge in [0.2, 0.25) is 5.88 Å². The van der Waals surface area contributed by atoms with Crippen molar-refractivity contribution in [1.29, 1.82) is 0 Å². The summed E-state index contributed by atoms with van der Waals surface area (Å²) in [7, 11) is 0. The molecule has 5 nitrogen and oxygen atoms in total. The Labute approximate surface area is 110 Å². The first-order chi connectivity index (χ1) is 9.11. The Morgan fingerprint density at radius 1 is 1.26 bits per heavy atom. The second kappa shape index (κ2) is 5.49. The lowest BCUT2D eigenvalue weighted by Gasteiger charge is -2.09. The zero-order valence-electron chi connectivity index (χ0n) is 10.3. The van der Waals surface area contributed by atoms with Gasteiger partial charge in [-0.05, 0) is 36.2 Å². The van der Waals surface area contributed by atoms with Crippen molar-refractivity contribution < 1.29 is 19.7 Å². The Bertz CT molecular complexity index is 593. The van der Waals surface area contributed by atoms with Crippen molar-refractivity contribution in [2.75, 3.05) is 0 Å². The Morgan fingerprint density at radius 3 is 2.53 bits per heavy atom. The molecule has 2 N–H and O–H groups in total. The van der Waals surface area contributed by atoms with E-state index in [1.54, 1.807) is 37.3 Å². The van der Waals surface area contributed by atoms with Crippen molar-refractivity contribution >= 4 is 5.97 Å². The van der Waals surface area contributed by atoms with E-state index >= 15 is 0 Å². The predicted octanol–water partition coefficient (Wildman–Crippen LogP) is 2.37. The van der Waals surface area contributed by atoms with Crippen molar-refractivity contribution in [2.45, 2.75) is 13.5 Å². The van der Waals surface area contributed by atoms with E-state index in [1.165, 1.54) is 6.20 Å². The normalized spacial score (nSPS) is 10.2. The third-order valence-corrected chi connectivity index (χ3v) is 2.66. The molecule has 0 unspecified atom stereocenters. The first kappa shape index (κ1) is 13.0. The summed E-state index contributed by atoms with van der Waals surface area (Å²) in [5.74, 6) is -0.547. The fourth-order valence-corrected chi connectivity index (χ4v) is 1.65. The summed E-state index contributed by atoms with van der Waals surface area (Å²) in [5, 5.41) is 18.1. The number of hydrogen-bond acceptors (Lipinski definition) is 4. The molecule has 1 aromatic heterocycles. The van der Waals surface area contributed by atoms with Crippen LogP contribution in [0.25, 0.3) is 0 Å². The Hall–Kier alpha value is -2.40. The van der Waals surface area contributed by atoms with Gasteiger partial charge in [-0.3, -0.25) is 0 Å². The third kappa shape index (κ3) is 2.89. The van der Waals surface area contributed by atoms with Crippen LogP contribution in [0, 0.1) is 6.92 Å². The van der Waals surface area contributed by atoms with Crippen molar-refractivity contribution in [2.24, 2.45) is 0 Å². The standard InChI is InChI=1S/C14H13NO4/c1-9-6-7-15-13(12(9)14(17)18)19-11-4-2-10(8-16)3-5-11/h2-7,16H,8H2,1H3,(H,17,18). The van der Waals surface area contributed by atoms with E-state index in [1.807, 2.05) is 0 Å². The van der Waals surface area contributed by atoms with Crippen LogP contribution >= 0.6 is 0 Å². The number of carboxylic acid groups (broad SMARTS) is 1. The number of aromatic carboxylic acids is 1. The number of aryl methyl sites for hydroxylation is 1. The number of nitrogens with zero attached hydrogens (tertiary/aromatic N) is 1. The fraction of sp³-hybridized carbons (Fsp3) is 0.143. The highest BCUT2D eigenvalue weighted by atomic mass is 16.5. The van der Waals surface area contributed by atoms with E-state index in [-0.39, 0.29) is 18.1 Å². The summed E-state index contributed by atoms with van der Waals surface area (Å²) in [5.41, 5.74) is 1.39. The van der Waals surface area contributed by atoms with E-state index in [2.05, 4.69) is 4.98 Å². The van der Waals surface area contributed by atoms with Crippen LogP contribution in [0.1, 0.15) is 21.5 Å². The number of aliphatic hydroxyl groups is 1. The highest BCUT2D eigenvalue weighted by Gasteiger charge is 2.16. The van der Waals surface area contributed by atoms with Crippen LogP contribution in [-0.4, -0.2) is 21.2 Å². The zero-order valence-corrected chi connectivity index (χ0v) is 10.3. The second-order valence-electron chi connectivity index (χ2n) is 4.02. The number of aliphatic hydroxyl groups excluding tert-OH is 1. The topological polar surface area (TPSA) is 79.7 Å². The van der Waals surface area contributed by atoms with Gasteiger partial charge in [0, 0.05) is 6.20 Å². The molecule has 0 saturated heterocycles. The zero-order chi connectivity index (χ0) is 13.8. The van der Waals surface area contributed by atoms with Crippen molar-refractivity contribution in [3.8, 4) is 11.6 Å². The van der Waals surface area contributed by atoms with Crippen LogP contribution in [0.5, 0.6) is 11.6 Å². The van der Waals surface area contributed by atoms with Gasteiger partial charge >= 0.3 is 5.97 Å². The maximum atomic E-state index is 11.2. The molecule has 0 fully saturated rings. The number of rotatable bonds is 4. The van der Waals surface area contributed by atoms with E-state index < -0.39 is 5.97 Å². The lowest BCUT2D eigenvalue weighted by molar-refractivity contribution is 0.0692. The first-order valence-electron chi connectivity index (χ1n) is 5.68.